The third kappa shape index (κ3) is 6.50. The highest BCUT2D eigenvalue weighted by atomic mass is 32.1. The number of fused-ring (bicyclic) bond motifs is 1. The van der Waals surface area contributed by atoms with Crippen molar-refractivity contribution in [1.29, 1.82) is 0 Å². The minimum absolute atomic E-state index is 0.0140. The molecule has 232 valence electrons. The predicted octanol–water partition coefficient (Wildman–Crippen LogP) is 7.62. The number of thiophene rings is 1. The third-order valence-corrected chi connectivity index (χ3v) is 8.41. The second-order valence-corrected chi connectivity index (χ2v) is 11.4. The minimum atomic E-state index is -5.01. The smallest absolute Gasteiger partial charge is 0.419 e. The molecule has 0 bridgehead atoms. The quantitative estimate of drug-likeness (QED) is 0.173. The highest BCUT2D eigenvalue weighted by Gasteiger charge is 2.38. The van der Waals surface area contributed by atoms with Crippen LogP contribution in [0.25, 0.3) is 10.1 Å². The molecule has 1 aliphatic carbocycles. The van der Waals surface area contributed by atoms with Gasteiger partial charge in [0, 0.05) is 27.3 Å². The van der Waals surface area contributed by atoms with E-state index in [1.165, 1.54) is 7.11 Å². The number of carbonyl (C=O) groups excluding carboxylic acids is 2. The fourth-order valence-corrected chi connectivity index (χ4v) is 6.13. The molecule has 14 heteroatoms. The SMILES string of the molecule is COc1ccc(C2CC2CO)cc1C(=O)Nc1c(CC(=O)Nc2ccc(F)c(C(F)(F)F)c2)sc2cc(C(F)(F)F)ccc12. The molecule has 6 nitrogen and oxygen atoms in total. The first-order valence-electron chi connectivity index (χ1n) is 13.1. The van der Waals surface area contributed by atoms with Crippen molar-refractivity contribution < 1.29 is 50.2 Å². The van der Waals surface area contributed by atoms with Crippen molar-refractivity contribution in [3.05, 3.63) is 87.5 Å². The lowest BCUT2D eigenvalue weighted by atomic mass is 10.0. The van der Waals surface area contributed by atoms with E-state index in [0.29, 0.717) is 12.1 Å². The first kappa shape index (κ1) is 31.3. The van der Waals surface area contributed by atoms with E-state index in [0.717, 1.165) is 47.6 Å². The monoisotopic (exact) mass is 640 g/mol. The van der Waals surface area contributed by atoms with Gasteiger partial charge in [-0.05, 0) is 66.3 Å². The number of nitrogens with one attached hydrogen (secondary N) is 2. The van der Waals surface area contributed by atoms with Gasteiger partial charge in [0.25, 0.3) is 5.91 Å². The molecule has 2 amide bonds. The van der Waals surface area contributed by atoms with Crippen LogP contribution in [0.5, 0.6) is 5.75 Å². The van der Waals surface area contributed by atoms with E-state index >= 15 is 0 Å². The van der Waals surface area contributed by atoms with Gasteiger partial charge in [-0.25, -0.2) is 4.39 Å². The number of benzene rings is 3. The molecule has 0 aliphatic heterocycles. The molecule has 5 rings (SSSR count). The summed E-state index contributed by atoms with van der Waals surface area (Å²) in [5.41, 5.74) is -1.95. The molecule has 2 unspecified atom stereocenters. The van der Waals surface area contributed by atoms with Crippen LogP contribution in [-0.2, 0) is 23.6 Å². The second-order valence-electron chi connectivity index (χ2n) is 10.2. The maximum Gasteiger partial charge on any atom is 0.419 e. The third-order valence-electron chi connectivity index (χ3n) is 7.26. The van der Waals surface area contributed by atoms with E-state index in [2.05, 4.69) is 10.6 Å². The molecule has 44 heavy (non-hydrogen) atoms. The first-order valence-corrected chi connectivity index (χ1v) is 13.9. The van der Waals surface area contributed by atoms with E-state index in [1.807, 2.05) is 0 Å². The van der Waals surface area contributed by atoms with E-state index in [1.54, 1.807) is 18.2 Å². The topological polar surface area (TPSA) is 87.7 Å². The fraction of sp³-hybridized carbons (Fsp3) is 0.267. The van der Waals surface area contributed by atoms with Gasteiger partial charge < -0.3 is 20.5 Å². The van der Waals surface area contributed by atoms with Crippen LogP contribution in [0, 0.1) is 11.7 Å². The van der Waals surface area contributed by atoms with Crippen LogP contribution in [0.3, 0.4) is 0 Å². The maximum absolute atomic E-state index is 13.7. The number of rotatable bonds is 8. The Bertz CT molecular complexity index is 1750. The number of aliphatic hydroxyl groups is 1. The van der Waals surface area contributed by atoms with Crippen LogP contribution in [0.2, 0.25) is 0 Å². The molecule has 1 aromatic heterocycles. The standard InChI is InChI=1S/C30H23F7N2O4S/c1-43-23-7-2-14(19-9-15(19)13-40)8-20(23)28(42)39-27-18-5-3-16(29(32,33)34)10-24(18)44-25(27)12-26(41)38-17-4-6-22(31)21(11-17)30(35,36)37/h2-8,10-11,15,19,40H,9,12-13H2,1H3,(H,38,41)(H,39,42). The number of hydrogen-bond acceptors (Lipinski definition) is 5. The van der Waals surface area contributed by atoms with E-state index in [4.69, 9.17) is 4.74 Å². The Kier molecular flexibility index (Phi) is 8.33. The molecule has 4 aromatic rings. The summed E-state index contributed by atoms with van der Waals surface area (Å²) in [6.07, 6.45) is -9.48. The number of amides is 2. The van der Waals surface area contributed by atoms with Crippen molar-refractivity contribution in [2.45, 2.75) is 31.1 Å². The Balaban J connectivity index is 1.48. The molecule has 1 fully saturated rings. The molecule has 1 saturated carbocycles. The molecule has 1 aliphatic rings. The highest BCUT2D eigenvalue weighted by Crippen LogP contribution is 2.48. The summed E-state index contributed by atoms with van der Waals surface area (Å²) in [7, 11) is 1.35. The molecule has 1 heterocycles. The van der Waals surface area contributed by atoms with Gasteiger partial charge in [-0.2, -0.15) is 26.3 Å². The number of anilines is 2. The normalized spacial score (nSPS) is 16.6. The lowest BCUT2D eigenvalue weighted by Crippen LogP contribution is -2.18. The summed E-state index contributed by atoms with van der Waals surface area (Å²) in [6.45, 7) is -0.0140. The van der Waals surface area contributed by atoms with Crippen LogP contribution in [0.4, 0.5) is 42.1 Å². The second kappa shape index (κ2) is 11.7. The molecule has 3 aromatic carbocycles. The number of carbonyl (C=O) groups is 2. The van der Waals surface area contributed by atoms with Crippen molar-refractivity contribution in [3.63, 3.8) is 0 Å². The molecule has 0 spiro atoms. The van der Waals surface area contributed by atoms with Gasteiger partial charge in [0.15, 0.2) is 0 Å². The van der Waals surface area contributed by atoms with Crippen molar-refractivity contribution in [1.82, 2.24) is 0 Å². The van der Waals surface area contributed by atoms with Crippen molar-refractivity contribution in [2.24, 2.45) is 5.92 Å². The number of alkyl halides is 6. The van der Waals surface area contributed by atoms with Gasteiger partial charge in [0.05, 0.1) is 35.9 Å². The zero-order valence-corrected chi connectivity index (χ0v) is 23.5. The zero-order chi connectivity index (χ0) is 32.0. The summed E-state index contributed by atoms with van der Waals surface area (Å²) >= 11 is 0.797. The van der Waals surface area contributed by atoms with Crippen LogP contribution in [0.1, 0.15) is 44.3 Å². The molecule has 2 atom stereocenters. The minimum Gasteiger partial charge on any atom is -0.496 e. The van der Waals surface area contributed by atoms with E-state index in [9.17, 15) is 45.4 Å². The first-order chi connectivity index (χ1) is 20.7. The fourth-order valence-electron chi connectivity index (χ4n) is 4.93. The molecular formula is C30H23F7N2O4S. The van der Waals surface area contributed by atoms with Crippen LogP contribution in [-0.4, -0.2) is 30.6 Å². The Morgan fingerprint density at radius 1 is 0.977 bits per heavy atom. The molecule has 3 N–H and O–H groups in total. The van der Waals surface area contributed by atoms with E-state index < -0.39 is 47.5 Å². The lowest BCUT2D eigenvalue weighted by Gasteiger charge is -2.13. The number of methoxy groups -OCH3 is 1. The van der Waals surface area contributed by atoms with Crippen LogP contribution >= 0.6 is 11.3 Å². The summed E-state index contributed by atoms with van der Waals surface area (Å²) < 4.78 is 98.8. The largest absolute Gasteiger partial charge is 0.496 e. The predicted molar refractivity (Wildman–Crippen MR) is 149 cm³/mol. The summed E-state index contributed by atoms with van der Waals surface area (Å²) in [4.78, 5) is 26.6. The Morgan fingerprint density at radius 2 is 1.73 bits per heavy atom. The van der Waals surface area contributed by atoms with Gasteiger partial charge in [-0.1, -0.05) is 12.1 Å². The van der Waals surface area contributed by atoms with Crippen molar-refractivity contribution in [3.8, 4) is 5.75 Å². The zero-order valence-electron chi connectivity index (χ0n) is 22.7. The van der Waals surface area contributed by atoms with Gasteiger partial charge in [0.1, 0.15) is 11.6 Å². The highest BCUT2D eigenvalue weighted by molar-refractivity contribution is 7.20. The van der Waals surface area contributed by atoms with Gasteiger partial charge in [-0.15, -0.1) is 11.3 Å². The van der Waals surface area contributed by atoms with Crippen molar-refractivity contribution >= 4 is 44.6 Å². The summed E-state index contributed by atoms with van der Waals surface area (Å²) in [5, 5.41) is 14.6. The molecule has 0 saturated heterocycles. The number of ether oxygens (including phenoxy) is 1. The van der Waals surface area contributed by atoms with Gasteiger partial charge >= 0.3 is 12.4 Å². The Morgan fingerprint density at radius 3 is 2.36 bits per heavy atom. The number of hydrogen-bond donors (Lipinski definition) is 3. The van der Waals surface area contributed by atoms with Crippen molar-refractivity contribution in [2.75, 3.05) is 24.4 Å². The summed E-state index contributed by atoms with van der Waals surface area (Å²) in [5.74, 6) is -2.75. The maximum atomic E-state index is 13.7. The van der Waals surface area contributed by atoms with Crippen LogP contribution in [0.15, 0.2) is 54.6 Å². The van der Waals surface area contributed by atoms with Gasteiger partial charge in [-0.3, -0.25) is 9.59 Å². The van der Waals surface area contributed by atoms with Crippen LogP contribution < -0.4 is 15.4 Å². The number of halogens is 7. The average Bonchev–Trinajstić information content (AvgIpc) is 3.68. The Labute approximate surface area is 249 Å². The summed E-state index contributed by atoms with van der Waals surface area (Å²) in [6, 6.07) is 9.73. The Hall–Kier alpha value is -4.17. The number of aliphatic hydroxyl groups excluding tert-OH is 1. The lowest BCUT2D eigenvalue weighted by molar-refractivity contribution is -0.140. The molecular weight excluding hydrogens is 617 g/mol. The molecule has 0 radical (unpaired) electrons. The van der Waals surface area contributed by atoms with E-state index in [-0.39, 0.29) is 56.1 Å². The average molecular weight is 641 g/mol. The van der Waals surface area contributed by atoms with Gasteiger partial charge in [0.2, 0.25) is 5.91 Å².